The minimum absolute atomic E-state index is 0. The van der Waals surface area contributed by atoms with Gasteiger partial charge in [-0.1, -0.05) is 31.9 Å². The molecule has 2 atom stereocenters. The maximum atomic E-state index is 13.3. The van der Waals surface area contributed by atoms with Crippen LogP contribution >= 0.6 is 12.4 Å². The van der Waals surface area contributed by atoms with Gasteiger partial charge < -0.3 is 10.5 Å². The van der Waals surface area contributed by atoms with Gasteiger partial charge in [-0.15, -0.1) is 12.4 Å². The van der Waals surface area contributed by atoms with Crippen molar-refractivity contribution < 1.29 is 17.9 Å². The van der Waals surface area contributed by atoms with Crippen molar-refractivity contribution in [1.29, 1.82) is 0 Å². The van der Waals surface area contributed by atoms with Crippen molar-refractivity contribution in [2.45, 2.75) is 43.0 Å². The second kappa shape index (κ2) is 8.73. The highest BCUT2D eigenvalue weighted by Gasteiger charge is 2.41. The summed E-state index contributed by atoms with van der Waals surface area (Å²) < 4.78 is 34.2. The molecule has 3 N–H and O–H groups in total. The number of aromatic nitrogens is 1. The van der Waals surface area contributed by atoms with Crippen LogP contribution in [0.4, 0.5) is 0 Å². The van der Waals surface area contributed by atoms with Crippen LogP contribution < -0.4 is 10.5 Å². The molecular formula is C19H26ClN3O4S. The van der Waals surface area contributed by atoms with Gasteiger partial charge in [-0.05, 0) is 30.9 Å². The van der Waals surface area contributed by atoms with Gasteiger partial charge in [-0.3, -0.25) is 0 Å². The summed E-state index contributed by atoms with van der Waals surface area (Å²) in [5.74, 6) is -0.462. The maximum absolute atomic E-state index is 13.3. The van der Waals surface area contributed by atoms with E-state index in [0.717, 1.165) is 19.3 Å². The van der Waals surface area contributed by atoms with E-state index in [-0.39, 0.29) is 35.5 Å². The predicted octanol–water partition coefficient (Wildman–Crippen LogP) is 2.63. The number of hydrogen-bond donors (Lipinski definition) is 2. The number of sulfonamides is 1. The van der Waals surface area contributed by atoms with E-state index in [9.17, 15) is 13.2 Å². The summed E-state index contributed by atoms with van der Waals surface area (Å²) in [6, 6.07) is 6.39. The largest absolute Gasteiger partial charge is 0.464 e. The van der Waals surface area contributed by atoms with E-state index < -0.39 is 21.5 Å². The van der Waals surface area contributed by atoms with Gasteiger partial charge in [-0.25, -0.2) is 22.9 Å². The fourth-order valence-electron chi connectivity index (χ4n) is 3.90. The number of methoxy groups -OCH3 is 1. The monoisotopic (exact) mass is 427 g/mol. The van der Waals surface area contributed by atoms with Gasteiger partial charge >= 0.3 is 5.97 Å². The Labute approximate surface area is 171 Å². The van der Waals surface area contributed by atoms with E-state index in [1.165, 1.54) is 19.4 Å². The van der Waals surface area contributed by atoms with Crippen molar-refractivity contribution in [1.82, 2.24) is 9.71 Å². The van der Waals surface area contributed by atoms with Crippen molar-refractivity contribution in [3.8, 4) is 0 Å². The fourth-order valence-corrected chi connectivity index (χ4v) is 5.66. The Balaban J connectivity index is 0.00000280. The number of hydrogen-bond acceptors (Lipinski definition) is 6. The zero-order chi connectivity index (χ0) is 19.7. The third kappa shape index (κ3) is 4.00. The molecule has 0 saturated heterocycles. The molecule has 1 saturated carbocycles. The molecule has 0 aliphatic heterocycles. The molecule has 28 heavy (non-hydrogen) atoms. The lowest BCUT2D eigenvalue weighted by Gasteiger charge is -2.42. The van der Waals surface area contributed by atoms with Crippen LogP contribution in [-0.2, 0) is 14.8 Å². The van der Waals surface area contributed by atoms with Crippen LogP contribution in [0.5, 0.6) is 0 Å². The van der Waals surface area contributed by atoms with Gasteiger partial charge in [0.25, 0.3) is 0 Å². The maximum Gasteiger partial charge on any atom is 0.357 e. The standard InChI is InChI=1S/C19H25N3O4S.ClH/c1-13-6-3-4-10-19(13,12-20)22-27(24,25)16-8-5-7-15-14(16)9-11-21-17(15)18(23)26-2;/h5,7-9,11,13,22H,3-4,6,10,12,20H2,1-2H3;1H. The minimum Gasteiger partial charge on any atom is -0.464 e. The number of halogens is 1. The molecule has 0 spiro atoms. The number of carbonyl (C=O) groups excluding carboxylic acids is 1. The van der Waals surface area contributed by atoms with Gasteiger partial charge in [0.15, 0.2) is 5.69 Å². The van der Waals surface area contributed by atoms with Crippen LogP contribution in [0, 0.1) is 5.92 Å². The topological polar surface area (TPSA) is 111 Å². The number of ether oxygens (including phenoxy) is 1. The number of esters is 1. The molecule has 154 valence electrons. The average Bonchev–Trinajstić information content (AvgIpc) is 2.68. The number of nitrogens with one attached hydrogen (secondary N) is 1. The van der Waals surface area contributed by atoms with Crippen LogP contribution in [0.3, 0.4) is 0 Å². The number of pyridine rings is 1. The molecule has 1 aliphatic carbocycles. The number of nitrogens with two attached hydrogens (primary N) is 1. The van der Waals surface area contributed by atoms with E-state index in [2.05, 4.69) is 9.71 Å². The second-order valence-electron chi connectivity index (χ2n) is 7.12. The molecule has 3 rings (SSSR count). The first kappa shape index (κ1) is 22.5. The number of benzene rings is 1. The summed E-state index contributed by atoms with van der Waals surface area (Å²) in [4.78, 5) is 16.1. The zero-order valence-corrected chi connectivity index (χ0v) is 17.6. The van der Waals surface area contributed by atoms with Gasteiger partial charge in [-0.2, -0.15) is 0 Å². The van der Waals surface area contributed by atoms with Crippen LogP contribution in [-0.4, -0.2) is 38.6 Å². The van der Waals surface area contributed by atoms with Crippen LogP contribution in [0.15, 0.2) is 35.4 Å². The van der Waals surface area contributed by atoms with Crippen molar-refractivity contribution in [3.63, 3.8) is 0 Å². The summed E-state index contributed by atoms with van der Waals surface area (Å²) in [5.41, 5.74) is 5.44. The number of nitrogens with zero attached hydrogens (tertiary/aromatic N) is 1. The van der Waals surface area contributed by atoms with Crippen molar-refractivity contribution in [2.75, 3.05) is 13.7 Å². The summed E-state index contributed by atoms with van der Waals surface area (Å²) in [6.45, 7) is 2.28. The van der Waals surface area contributed by atoms with E-state index in [0.29, 0.717) is 17.2 Å². The highest BCUT2D eigenvalue weighted by Crippen LogP contribution is 2.35. The molecule has 1 fully saturated rings. The van der Waals surface area contributed by atoms with E-state index in [1.54, 1.807) is 18.2 Å². The molecule has 2 aromatic rings. The molecule has 2 unspecified atom stereocenters. The van der Waals surface area contributed by atoms with E-state index in [4.69, 9.17) is 10.5 Å². The second-order valence-corrected chi connectivity index (χ2v) is 8.77. The molecule has 0 bridgehead atoms. The normalized spacial score (nSPS) is 22.5. The average molecular weight is 428 g/mol. The zero-order valence-electron chi connectivity index (χ0n) is 16.0. The van der Waals surface area contributed by atoms with Crippen LogP contribution in [0.25, 0.3) is 10.8 Å². The predicted molar refractivity (Wildman–Crippen MR) is 110 cm³/mol. The molecular weight excluding hydrogens is 402 g/mol. The van der Waals surface area contributed by atoms with Gasteiger partial charge in [0.2, 0.25) is 10.0 Å². The Morgan fingerprint density at radius 2 is 2.07 bits per heavy atom. The molecule has 1 aromatic carbocycles. The van der Waals surface area contributed by atoms with E-state index >= 15 is 0 Å². The van der Waals surface area contributed by atoms with Gasteiger partial charge in [0.05, 0.1) is 12.0 Å². The third-order valence-electron chi connectivity index (χ3n) is 5.59. The first-order chi connectivity index (χ1) is 12.8. The van der Waals surface area contributed by atoms with Crippen molar-refractivity contribution in [3.05, 3.63) is 36.2 Å². The molecule has 0 amide bonds. The SMILES string of the molecule is COC(=O)c1nccc2c(S(=O)(=O)NC3(CN)CCCCC3C)cccc12.Cl. The van der Waals surface area contributed by atoms with Gasteiger partial charge in [0, 0.05) is 29.1 Å². The Morgan fingerprint density at radius 1 is 1.32 bits per heavy atom. The first-order valence-corrected chi connectivity index (χ1v) is 10.5. The fraction of sp³-hybridized carbons (Fsp3) is 0.474. The molecule has 0 radical (unpaired) electrons. The van der Waals surface area contributed by atoms with Crippen molar-refractivity contribution >= 4 is 39.2 Å². The Morgan fingerprint density at radius 3 is 2.71 bits per heavy atom. The minimum atomic E-state index is -3.85. The van der Waals surface area contributed by atoms with Crippen molar-refractivity contribution in [2.24, 2.45) is 11.7 Å². The summed E-state index contributed by atoms with van der Waals surface area (Å²) in [5, 5.41) is 0.863. The Bertz CT molecular complexity index is 967. The Hall–Kier alpha value is -1.74. The number of carbonyl (C=O) groups is 1. The highest BCUT2D eigenvalue weighted by molar-refractivity contribution is 7.89. The lowest BCUT2D eigenvalue weighted by atomic mass is 9.74. The first-order valence-electron chi connectivity index (χ1n) is 9.05. The third-order valence-corrected chi connectivity index (χ3v) is 7.20. The van der Waals surface area contributed by atoms with Crippen LogP contribution in [0.2, 0.25) is 0 Å². The van der Waals surface area contributed by atoms with Crippen LogP contribution in [0.1, 0.15) is 43.1 Å². The summed E-state index contributed by atoms with van der Waals surface area (Å²) >= 11 is 0. The molecule has 1 aliphatic rings. The smallest absolute Gasteiger partial charge is 0.357 e. The quantitative estimate of drug-likeness (QED) is 0.709. The van der Waals surface area contributed by atoms with E-state index in [1.807, 2.05) is 6.92 Å². The molecule has 1 heterocycles. The number of rotatable bonds is 5. The summed E-state index contributed by atoms with van der Waals surface area (Å²) in [6.07, 6.45) is 5.08. The molecule has 1 aromatic heterocycles. The van der Waals surface area contributed by atoms with Gasteiger partial charge in [0.1, 0.15) is 0 Å². The summed E-state index contributed by atoms with van der Waals surface area (Å²) in [7, 11) is -2.58. The molecule has 7 nitrogen and oxygen atoms in total. The lowest BCUT2D eigenvalue weighted by Crippen LogP contribution is -2.58. The lowest BCUT2D eigenvalue weighted by molar-refractivity contribution is 0.0596. The molecule has 9 heteroatoms. The number of fused-ring (bicyclic) bond motifs is 1. The highest BCUT2D eigenvalue weighted by atomic mass is 35.5. The Kier molecular flexibility index (Phi) is 7.03.